The van der Waals surface area contributed by atoms with Crippen LogP contribution in [0, 0.1) is 0 Å². The van der Waals surface area contributed by atoms with Crippen molar-refractivity contribution in [3.8, 4) is 0 Å². The highest BCUT2D eigenvalue weighted by atomic mass is 28.5. The lowest BCUT2D eigenvalue weighted by atomic mass is 10.1. The monoisotopic (exact) mass is 860 g/mol. The van der Waals surface area contributed by atoms with Crippen molar-refractivity contribution in [3.05, 3.63) is 130 Å². The quantitative estimate of drug-likeness (QED) is 0.118. The molecule has 61 heavy (non-hydrogen) atoms. The van der Waals surface area contributed by atoms with Crippen LogP contribution in [-0.2, 0) is 8.23 Å². The van der Waals surface area contributed by atoms with Crippen molar-refractivity contribution in [1.82, 2.24) is 18.3 Å². The molecule has 12 nitrogen and oxygen atoms in total. The molecule has 15 heteroatoms. The summed E-state index contributed by atoms with van der Waals surface area (Å²) in [6.07, 6.45) is 1.97. The van der Waals surface area contributed by atoms with Gasteiger partial charge in [-0.15, -0.1) is 0 Å². The Morgan fingerprint density at radius 1 is 0.459 bits per heavy atom. The Bertz CT molecular complexity index is 2840. The Morgan fingerprint density at radius 3 is 1.18 bits per heavy atom. The summed E-state index contributed by atoms with van der Waals surface area (Å²) in [5.74, 6) is 3.77. The van der Waals surface area contributed by atoms with Gasteiger partial charge in [-0.1, -0.05) is 97.1 Å². The SMILES string of the molecule is CN(C)CCC[Si](C)(C)O[Si]1(O[Si](C)(C)CCCN(C)C)n2c3c4ccccc4c2N=C2N=C(N=c4c5ccccc5c(n41)=NC1=NC(=N3)c3ccccc31)c1ccccc12. The second-order valence-corrected chi connectivity index (χ2v) is 29.9. The van der Waals surface area contributed by atoms with Crippen LogP contribution in [-0.4, -0.2) is 108 Å². The van der Waals surface area contributed by atoms with Crippen LogP contribution < -0.4 is 11.0 Å². The maximum Gasteiger partial charge on any atom is 0.582 e. The molecule has 4 aromatic carbocycles. The van der Waals surface area contributed by atoms with Crippen molar-refractivity contribution in [2.75, 3.05) is 41.3 Å². The van der Waals surface area contributed by atoms with Gasteiger partial charge in [0.05, 0.1) is 0 Å². The fourth-order valence-electron chi connectivity index (χ4n) is 9.10. The summed E-state index contributed by atoms with van der Waals surface area (Å²) in [7, 11) is -1.01. The van der Waals surface area contributed by atoms with Gasteiger partial charge in [-0.3, -0.25) is 8.47 Å². The van der Waals surface area contributed by atoms with Crippen LogP contribution in [0.5, 0.6) is 0 Å². The molecule has 0 aliphatic carbocycles. The van der Waals surface area contributed by atoms with Gasteiger partial charge >= 0.3 is 8.88 Å². The summed E-state index contributed by atoms with van der Waals surface area (Å²) in [6, 6.07) is 35.2. The zero-order chi connectivity index (χ0) is 42.3. The van der Waals surface area contributed by atoms with E-state index >= 15 is 0 Å². The molecule has 310 valence electrons. The molecule has 0 atom stereocenters. The van der Waals surface area contributed by atoms with Crippen molar-refractivity contribution in [2.45, 2.75) is 51.1 Å². The molecule has 0 radical (unpaired) electrons. The molecule has 0 fully saturated rings. The number of fused-ring (bicyclic) bond motifs is 14. The zero-order valence-corrected chi connectivity index (χ0v) is 39.3. The number of hydrogen-bond acceptors (Lipinski definition) is 10. The lowest BCUT2D eigenvalue weighted by molar-refractivity contribution is 0.329. The van der Waals surface area contributed by atoms with Crippen molar-refractivity contribution >= 4 is 82.0 Å². The summed E-state index contributed by atoms with van der Waals surface area (Å²) >= 11 is 0. The van der Waals surface area contributed by atoms with Gasteiger partial charge in [0.15, 0.2) is 40.0 Å². The highest BCUT2D eigenvalue weighted by Gasteiger charge is 2.57. The predicted molar refractivity (Wildman–Crippen MR) is 254 cm³/mol. The Kier molecular flexibility index (Phi) is 9.78. The minimum absolute atomic E-state index is 0.596. The molecular formula is C46H52N10O2Si3. The number of nitrogens with zero attached hydrogens (tertiary/aromatic N) is 10. The van der Waals surface area contributed by atoms with Gasteiger partial charge in [-0.05, 0) is 92.4 Å². The van der Waals surface area contributed by atoms with E-state index in [2.05, 4.69) is 145 Å². The summed E-state index contributed by atoms with van der Waals surface area (Å²) in [5.41, 5.74) is 5.09. The molecule has 2 aromatic heterocycles. The molecule has 6 bridgehead atoms. The fraction of sp³-hybridized carbons (Fsp3) is 0.304. The van der Waals surface area contributed by atoms with E-state index in [0.717, 1.165) is 81.8 Å². The predicted octanol–water partition coefficient (Wildman–Crippen LogP) is 7.72. The van der Waals surface area contributed by atoms with Crippen LogP contribution in [0.25, 0.3) is 21.5 Å². The van der Waals surface area contributed by atoms with Gasteiger partial charge in [0, 0.05) is 43.8 Å². The molecule has 0 N–H and O–H groups in total. The number of hydrogen-bond donors (Lipinski definition) is 0. The van der Waals surface area contributed by atoms with Crippen molar-refractivity contribution in [3.63, 3.8) is 0 Å². The molecule has 10 rings (SSSR count). The summed E-state index contributed by atoms with van der Waals surface area (Å²) < 4.78 is 21.1. The fourth-order valence-corrected chi connectivity index (χ4v) is 21.7. The van der Waals surface area contributed by atoms with E-state index in [1.54, 1.807) is 0 Å². The van der Waals surface area contributed by atoms with Crippen LogP contribution in [0.1, 0.15) is 35.1 Å². The highest BCUT2D eigenvalue weighted by molar-refractivity contribution is 6.88. The molecule has 6 aromatic rings. The zero-order valence-electron chi connectivity index (χ0n) is 36.3. The van der Waals surface area contributed by atoms with Gasteiger partial charge < -0.3 is 18.0 Å². The number of benzene rings is 4. The maximum atomic E-state index is 8.29. The summed E-state index contributed by atoms with van der Waals surface area (Å²) in [5, 5.41) is 3.73. The molecule has 0 spiro atoms. The Labute approximate surface area is 359 Å². The Hall–Kier alpha value is -5.27. The Balaban J connectivity index is 1.44. The second kappa shape index (κ2) is 15.0. The average Bonchev–Trinajstić information content (AvgIpc) is 3.93. The summed E-state index contributed by atoms with van der Waals surface area (Å²) in [6.45, 7) is 11.3. The molecule has 0 saturated carbocycles. The first kappa shape index (κ1) is 39.8. The number of amidine groups is 4. The first-order valence-electron chi connectivity index (χ1n) is 21.3. The molecule has 4 aliphatic heterocycles. The van der Waals surface area contributed by atoms with E-state index in [0.29, 0.717) is 46.0 Å². The van der Waals surface area contributed by atoms with Crippen molar-refractivity contribution < 1.29 is 8.23 Å². The maximum absolute atomic E-state index is 8.29. The largest absolute Gasteiger partial charge is 0.582 e. The van der Waals surface area contributed by atoms with Gasteiger partial charge in [0.25, 0.3) is 0 Å². The third kappa shape index (κ3) is 6.88. The van der Waals surface area contributed by atoms with Crippen molar-refractivity contribution in [2.24, 2.45) is 30.0 Å². The van der Waals surface area contributed by atoms with E-state index < -0.39 is 25.5 Å². The lowest BCUT2D eigenvalue weighted by Gasteiger charge is -2.43. The standard InChI is InChI=1S/C46H52N10O2Si3/c1-53(2)27-17-29-59(5,6)57-61(58-60(7,8)30-18-28-54(3)4)55-43-35-23-13-14-24-36(35)45(55)51-41-33-21-11-12-22-34(33)42(48-41)52-46-38-26-16-15-25-37(38)44(56(46)61)50-40-32-20-10-9-19-31(32)39(47-40)49-43/h9-16,19-26H,17-18,27-30H2,1-8H3. The van der Waals surface area contributed by atoms with Gasteiger partial charge in [0.1, 0.15) is 22.6 Å². The van der Waals surface area contributed by atoms with Crippen LogP contribution in [0.3, 0.4) is 0 Å². The molecule has 0 amide bonds. The second-order valence-electron chi connectivity index (χ2n) is 18.2. The van der Waals surface area contributed by atoms with E-state index in [1.165, 1.54) is 0 Å². The minimum atomic E-state index is -4.22. The minimum Gasteiger partial charge on any atom is -0.404 e. The highest BCUT2D eigenvalue weighted by Crippen LogP contribution is 2.45. The van der Waals surface area contributed by atoms with E-state index in [-0.39, 0.29) is 0 Å². The van der Waals surface area contributed by atoms with Crippen LogP contribution >= 0.6 is 0 Å². The number of aromatic nitrogens is 2. The normalized spacial score (nSPS) is 16.2. The van der Waals surface area contributed by atoms with E-state index in [1.807, 2.05) is 24.3 Å². The lowest BCUT2D eigenvalue weighted by Crippen LogP contribution is -2.70. The van der Waals surface area contributed by atoms with Crippen LogP contribution in [0.2, 0.25) is 38.3 Å². The molecule has 0 unspecified atom stereocenters. The third-order valence-electron chi connectivity index (χ3n) is 11.9. The molecular weight excluding hydrogens is 809 g/mol. The third-order valence-corrected chi connectivity index (χ3v) is 23.5. The number of rotatable bonds is 12. The van der Waals surface area contributed by atoms with Crippen molar-refractivity contribution in [1.29, 1.82) is 0 Å². The van der Waals surface area contributed by atoms with Crippen LogP contribution in [0.15, 0.2) is 127 Å². The van der Waals surface area contributed by atoms with Crippen LogP contribution in [0.4, 0.5) is 11.6 Å². The van der Waals surface area contributed by atoms with E-state index in [4.69, 9.17) is 38.2 Å². The van der Waals surface area contributed by atoms with Gasteiger partial charge in [-0.2, -0.15) is 0 Å². The average molecular weight is 861 g/mol. The smallest absolute Gasteiger partial charge is 0.404 e. The Morgan fingerprint density at radius 2 is 0.803 bits per heavy atom. The first-order chi connectivity index (χ1) is 29.3. The first-order valence-corrected chi connectivity index (χ1v) is 29.2. The topological polar surface area (TPSA) is 109 Å². The molecule has 0 saturated heterocycles. The molecule has 6 heterocycles. The summed E-state index contributed by atoms with van der Waals surface area (Å²) in [4.78, 5) is 37.6. The molecule has 4 aliphatic rings. The number of aliphatic imine (C=N–C) groups is 4. The van der Waals surface area contributed by atoms with Gasteiger partial charge in [-0.25, -0.2) is 30.0 Å². The van der Waals surface area contributed by atoms with E-state index in [9.17, 15) is 0 Å². The van der Waals surface area contributed by atoms with Gasteiger partial charge in [0.2, 0.25) is 0 Å².